The van der Waals surface area contributed by atoms with Gasteiger partial charge in [0.2, 0.25) is 0 Å². The van der Waals surface area contributed by atoms with Crippen molar-refractivity contribution >= 4 is 16.6 Å². The molecule has 80 valence electrons. The summed E-state index contributed by atoms with van der Waals surface area (Å²) in [4.78, 5) is 4.22. The highest BCUT2D eigenvalue weighted by molar-refractivity contribution is 5.98. The molecule has 4 nitrogen and oxygen atoms in total. The van der Waals surface area contributed by atoms with Crippen LogP contribution in [0.15, 0.2) is 18.3 Å². The molecule has 0 radical (unpaired) electrons. The fourth-order valence-corrected chi connectivity index (χ4v) is 1.73. The van der Waals surface area contributed by atoms with Gasteiger partial charge in [0.1, 0.15) is 17.3 Å². The molecule has 2 N–H and O–H groups in total. The maximum atomic E-state index is 8.89. The van der Waals surface area contributed by atoms with Crippen LogP contribution in [0.25, 0.3) is 10.9 Å². The first-order valence-corrected chi connectivity index (χ1v) is 4.81. The molecule has 0 fully saturated rings. The topological polar surface area (TPSA) is 71.9 Å². The summed E-state index contributed by atoms with van der Waals surface area (Å²) in [5.41, 5.74) is 8.47. The molecule has 0 aliphatic heterocycles. The normalized spacial score (nSPS) is 10.1. The fraction of sp³-hybridized carbons (Fsp3) is 0.167. The van der Waals surface area contributed by atoms with Gasteiger partial charge in [0.15, 0.2) is 0 Å². The average molecular weight is 213 g/mol. The highest BCUT2D eigenvalue weighted by Gasteiger charge is 2.11. The Labute approximate surface area is 93.3 Å². The number of nitrogens with zero attached hydrogens (tertiary/aromatic N) is 2. The Balaban J connectivity index is 2.94. The molecule has 4 heteroatoms. The van der Waals surface area contributed by atoms with Gasteiger partial charge in [0, 0.05) is 11.6 Å². The fourth-order valence-electron chi connectivity index (χ4n) is 1.73. The first kappa shape index (κ1) is 10.2. The number of methoxy groups -OCH3 is 1. The van der Waals surface area contributed by atoms with E-state index in [1.54, 1.807) is 7.11 Å². The van der Waals surface area contributed by atoms with Crippen LogP contribution < -0.4 is 10.5 Å². The summed E-state index contributed by atoms with van der Waals surface area (Å²) < 4.78 is 5.21. The third-order valence-corrected chi connectivity index (χ3v) is 2.57. The minimum Gasteiger partial charge on any atom is -0.494 e. The minimum absolute atomic E-state index is 0.392. The van der Waals surface area contributed by atoms with Gasteiger partial charge < -0.3 is 10.5 Å². The zero-order valence-corrected chi connectivity index (χ0v) is 9.11. The van der Waals surface area contributed by atoms with Gasteiger partial charge in [0.05, 0.1) is 18.4 Å². The molecule has 2 rings (SSSR count). The van der Waals surface area contributed by atoms with E-state index >= 15 is 0 Å². The van der Waals surface area contributed by atoms with Crippen LogP contribution >= 0.6 is 0 Å². The van der Waals surface area contributed by atoms with Gasteiger partial charge >= 0.3 is 0 Å². The van der Waals surface area contributed by atoms with E-state index in [2.05, 4.69) is 4.98 Å². The van der Waals surface area contributed by atoms with Crippen LogP contribution in [0.5, 0.6) is 5.75 Å². The Morgan fingerprint density at radius 3 is 2.81 bits per heavy atom. The molecule has 0 atom stereocenters. The summed E-state index contributed by atoms with van der Waals surface area (Å²) in [7, 11) is 1.58. The number of nitrogen functional groups attached to an aromatic ring is 1. The second-order valence-electron chi connectivity index (χ2n) is 3.51. The Morgan fingerprint density at radius 2 is 2.19 bits per heavy atom. The summed E-state index contributed by atoms with van der Waals surface area (Å²) in [6, 6.07) is 5.77. The van der Waals surface area contributed by atoms with Crippen LogP contribution in [0, 0.1) is 18.3 Å². The number of nitrogens with two attached hydrogens (primary N) is 1. The smallest absolute Gasteiger partial charge is 0.145 e. The third kappa shape index (κ3) is 1.34. The molecule has 0 amide bonds. The summed E-state index contributed by atoms with van der Waals surface area (Å²) in [6.07, 6.45) is 1.47. The first-order chi connectivity index (χ1) is 7.69. The van der Waals surface area contributed by atoms with E-state index in [1.165, 1.54) is 6.20 Å². The molecule has 16 heavy (non-hydrogen) atoms. The van der Waals surface area contributed by atoms with Gasteiger partial charge in [-0.2, -0.15) is 5.26 Å². The second kappa shape index (κ2) is 3.70. The van der Waals surface area contributed by atoms with Gasteiger partial charge in [0.25, 0.3) is 0 Å². The number of aryl methyl sites for hydroxylation is 1. The monoisotopic (exact) mass is 213 g/mol. The minimum atomic E-state index is 0.392. The van der Waals surface area contributed by atoms with Crippen LogP contribution in [-0.4, -0.2) is 12.1 Å². The van der Waals surface area contributed by atoms with E-state index < -0.39 is 0 Å². The maximum Gasteiger partial charge on any atom is 0.145 e. The molecule has 0 spiro atoms. The van der Waals surface area contributed by atoms with Crippen molar-refractivity contribution in [3.8, 4) is 11.8 Å². The highest BCUT2D eigenvalue weighted by Crippen LogP contribution is 2.31. The number of hydrogen-bond donors (Lipinski definition) is 1. The van der Waals surface area contributed by atoms with Crippen molar-refractivity contribution in [1.29, 1.82) is 5.26 Å². The van der Waals surface area contributed by atoms with Crippen LogP contribution in [0.2, 0.25) is 0 Å². The Morgan fingerprint density at radius 1 is 1.44 bits per heavy atom. The zero-order chi connectivity index (χ0) is 11.7. The predicted octanol–water partition coefficient (Wildman–Crippen LogP) is 2.01. The Bertz CT molecular complexity index is 599. The molecule has 1 heterocycles. The van der Waals surface area contributed by atoms with Crippen molar-refractivity contribution in [2.45, 2.75) is 6.92 Å². The van der Waals surface area contributed by atoms with Crippen LogP contribution in [0.4, 0.5) is 5.69 Å². The lowest BCUT2D eigenvalue weighted by molar-refractivity contribution is 0.419. The van der Waals surface area contributed by atoms with E-state index in [4.69, 9.17) is 15.7 Å². The summed E-state index contributed by atoms with van der Waals surface area (Å²) in [5, 5.41) is 9.68. The summed E-state index contributed by atoms with van der Waals surface area (Å²) in [5.74, 6) is 0.664. The van der Waals surface area contributed by atoms with Crippen molar-refractivity contribution in [3.63, 3.8) is 0 Å². The number of benzene rings is 1. The molecule has 1 aromatic carbocycles. The number of ether oxygens (including phenoxy) is 1. The quantitative estimate of drug-likeness (QED) is 0.786. The van der Waals surface area contributed by atoms with Gasteiger partial charge in [-0.05, 0) is 18.6 Å². The Kier molecular flexibility index (Phi) is 2.37. The lowest BCUT2D eigenvalue weighted by atomic mass is 10.0. The summed E-state index contributed by atoms with van der Waals surface area (Å²) in [6.45, 7) is 1.93. The van der Waals surface area contributed by atoms with Gasteiger partial charge in [-0.25, -0.2) is 0 Å². The predicted molar refractivity (Wildman–Crippen MR) is 62.2 cm³/mol. The largest absolute Gasteiger partial charge is 0.494 e. The first-order valence-electron chi connectivity index (χ1n) is 4.81. The molecule has 0 aliphatic carbocycles. The molecular formula is C12H11N3O. The van der Waals surface area contributed by atoms with Gasteiger partial charge in [-0.15, -0.1) is 0 Å². The number of pyridine rings is 1. The lowest BCUT2D eigenvalue weighted by Gasteiger charge is -2.09. The van der Waals surface area contributed by atoms with Gasteiger partial charge in [-0.3, -0.25) is 4.98 Å². The number of fused-ring (bicyclic) bond motifs is 1. The molecule has 0 unspecified atom stereocenters. The Hall–Kier alpha value is -2.28. The standard InChI is InChI=1S/C12H11N3O/c1-7-3-4-9(16-2)12-10(7)11(14)8(5-13)6-15-12/h3-4,6H,1-2H3,(H2,14,15). The van der Waals surface area contributed by atoms with Crippen LogP contribution in [0.3, 0.4) is 0 Å². The number of rotatable bonds is 1. The van der Waals surface area contributed by atoms with Crippen LogP contribution in [0.1, 0.15) is 11.1 Å². The number of hydrogen-bond acceptors (Lipinski definition) is 4. The molecule has 0 saturated heterocycles. The third-order valence-electron chi connectivity index (χ3n) is 2.57. The van der Waals surface area contributed by atoms with E-state index in [-0.39, 0.29) is 0 Å². The molecule has 0 saturated carbocycles. The SMILES string of the molecule is COc1ccc(C)c2c(N)c(C#N)cnc12. The van der Waals surface area contributed by atoms with Crippen molar-refractivity contribution in [2.75, 3.05) is 12.8 Å². The van der Waals surface area contributed by atoms with E-state index in [1.807, 2.05) is 25.1 Å². The second-order valence-corrected chi connectivity index (χ2v) is 3.51. The average Bonchev–Trinajstić information content (AvgIpc) is 2.30. The van der Waals surface area contributed by atoms with Crippen LogP contribution in [-0.2, 0) is 0 Å². The number of aromatic nitrogens is 1. The zero-order valence-electron chi connectivity index (χ0n) is 9.11. The molecule has 1 aromatic heterocycles. The lowest BCUT2D eigenvalue weighted by Crippen LogP contribution is -1.97. The summed E-state index contributed by atoms with van der Waals surface area (Å²) >= 11 is 0. The van der Waals surface area contributed by atoms with E-state index in [0.29, 0.717) is 22.5 Å². The van der Waals surface area contributed by atoms with E-state index in [0.717, 1.165) is 10.9 Å². The molecule has 0 aliphatic rings. The molecule has 0 bridgehead atoms. The van der Waals surface area contributed by atoms with Gasteiger partial charge in [-0.1, -0.05) is 6.07 Å². The molecular weight excluding hydrogens is 202 g/mol. The highest BCUT2D eigenvalue weighted by atomic mass is 16.5. The number of nitriles is 1. The van der Waals surface area contributed by atoms with Crippen molar-refractivity contribution in [1.82, 2.24) is 4.98 Å². The van der Waals surface area contributed by atoms with Crippen molar-refractivity contribution in [3.05, 3.63) is 29.5 Å². The van der Waals surface area contributed by atoms with E-state index in [9.17, 15) is 0 Å². The van der Waals surface area contributed by atoms with Crippen molar-refractivity contribution in [2.24, 2.45) is 0 Å². The van der Waals surface area contributed by atoms with Crippen molar-refractivity contribution < 1.29 is 4.74 Å². The molecule has 2 aromatic rings. The number of anilines is 1. The maximum absolute atomic E-state index is 8.89.